The lowest BCUT2D eigenvalue weighted by Crippen LogP contribution is -1.93. The third kappa shape index (κ3) is 3.16. The van der Waals surface area contributed by atoms with Crippen LogP contribution in [0.1, 0.15) is 34.2 Å². The van der Waals surface area contributed by atoms with Gasteiger partial charge >= 0.3 is 0 Å². The fourth-order valence-corrected chi connectivity index (χ4v) is 4.97. The van der Waals surface area contributed by atoms with Gasteiger partial charge in [-0.25, -0.2) is 0 Å². The molecule has 0 spiro atoms. The van der Waals surface area contributed by atoms with Gasteiger partial charge in [-0.3, -0.25) is 0 Å². The fourth-order valence-electron chi connectivity index (χ4n) is 4.97. The number of hydrogen-bond acceptors (Lipinski definition) is 0. The molecule has 0 fully saturated rings. The number of allylic oxidation sites excluding steroid dienone is 2. The quantitative estimate of drug-likeness (QED) is 0.262. The van der Waals surface area contributed by atoms with Gasteiger partial charge in [0.15, 0.2) is 0 Å². The minimum Gasteiger partial charge on any atom is -0.0801 e. The van der Waals surface area contributed by atoms with E-state index >= 15 is 0 Å². The van der Waals surface area contributed by atoms with Crippen molar-refractivity contribution < 1.29 is 0 Å². The van der Waals surface area contributed by atoms with E-state index < -0.39 is 0 Å². The third-order valence-corrected chi connectivity index (χ3v) is 6.51. The number of fused-ring (bicyclic) bond motifs is 6. The predicted molar refractivity (Wildman–Crippen MR) is 136 cm³/mol. The van der Waals surface area contributed by atoms with E-state index in [0.717, 1.165) is 12.8 Å². The molecule has 0 aromatic heterocycles. The van der Waals surface area contributed by atoms with Crippen LogP contribution in [0.25, 0.3) is 44.5 Å². The van der Waals surface area contributed by atoms with E-state index in [0.29, 0.717) is 0 Å². The smallest absolute Gasteiger partial charge is 0.00192 e. The topological polar surface area (TPSA) is 0 Å². The third-order valence-electron chi connectivity index (χ3n) is 6.51. The monoisotopic (exact) mass is 396 g/mol. The van der Waals surface area contributed by atoms with E-state index in [1.165, 1.54) is 60.1 Å². The van der Waals surface area contributed by atoms with Gasteiger partial charge in [-0.2, -0.15) is 0 Å². The summed E-state index contributed by atoms with van der Waals surface area (Å²) < 4.78 is 0. The van der Waals surface area contributed by atoms with Crippen LogP contribution in [0.3, 0.4) is 0 Å². The first-order chi connectivity index (χ1) is 15.3. The molecule has 0 amide bonds. The predicted octanol–water partition coefficient (Wildman–Crippen LogP) is 8.48. The second-order valence-electron chi connectivity index (χ2n) is 8.65. The number of benzene rings is 5. The van der Waals surface area contributed by atoms with Crippen molar-refractivity contribution in [1.82, 2.24) is 0 Å². The highest BCUT2D eigenvalue weighted by molar-refractivity contribution is 6.09. The van der Waals surface area contributed by atoms with Crippen LogP contribution < -0.4 is 0 Å². The first-order valence-electron chi connectivity index (χ1n) is 11.1. The Morgan fingerprint density at radius 1 is 0.645 bits per heavy atom. The lowest BCUT2D eigenvalue weighted by atomic mass is 9.91. The molecule has 0 N–H and O–H groups in total. The van der Waals surface area contributed by atoms with Crippen LogP contribution in [-0.4, -0.2) is 0 Å². The number of rotatable bonds is 2. The molecule has 0 heteroatoms. The van der Waals surface area contributed by atoms with Crippen molar-refractivity contribution >= 4 is 44.5 Å². The lowest BCUT2D eigenvalue weighted by Gasteiger charge is -2.13. The van der Waals surface area contributed by atoms with Crippen molar-refractivity contribution in [2.45, 2.75) is 19.8 Å². The first kappa shape index (κ1) is 18.2. The van der Waals surface area contributed by atoms with Crippen molar-refractivity contribution in [3.8, 4) is 0 Å². The zero-order chi connectivity index (χ0) is 20.8. The Morgan fingerprint density at radius 2 is 1.52 bits per heavy atom. The average molecular weight is 397 g/mol. The largest absolute Gasteiger partial charge is 0.0801 e. The highest BCUT2D eigenvalue weighted by atomic mass is 14.1. The minimum absolute atomic E-state index is 0.934. The maximum atomic E-state index is 2.40. The summed E-state index contributed by atoms with van der Waals surface area (Å²) in [6, 6.07) is 29.4. The molecule has 5 aromatic carbocycles. The van der Waals surface area contributed by atoms with Gasteiger partial charge in [-0.15, -0.1) is 0 Å². The zero-order valence-electron chi connectivity index (χ0n) is 17.7. The van der Waals surface area contributed by atoms with E-state index in [-0.39, 0.29) is 0 Å². The molecule has 0 heterocycles. The van der Waals surface area contributed by atoms with E-state index in [2.05, 4.69) is 110 Å². The molecule has 0 radical (unpaired) electrons. The summed E-state index contributed by atoms with van der Waals surface area (Å²) in [6.07, 6.45) is 11.0. The standard InChI is InChI=1S/C31H24/c1-21-11-16-29-26(20-25-8-5-6-10-28(25)31(29)17-21)18-22-12-13-24-15-14-23-7-3-2-4-9-27(23)30(24)19-22/h3-17,19-20H,2,18H2,1H3. The Morgan fingerprint density at radius 3 is 2.48 bits per heavy atom. The number of hydrogen-bond donors (Lipinski definition) is 0. The average Bonchev–Trinajstić information content (AvgIpc) is 3.05. The Bertz CT molecular complexity index is 1530. The van der Waals surface area contributed by atoms with Crippen molar-refractivity contribution in [2.75, 3.05) is 0 Å². The Hall–Kier alpha value is -3.64. The van der Waals surface area contributed by atoms with E-state index in [4.69, 9.17) is 0 Å². The second-order valence-corrected chi connectivity index (χ2v) is 8.65. The van der Waals surface area contributed by atoms with Gasteiger partial charge in [0, 0.05) is 0 Å². The Balaban J connectivity index is 1.53. The molecule has 0 aliphatic heterocycles. The van der Waals surface area contributed by atoms with Gasteiger partial charge in [0.25, 0.3) is 0 Å². The van der Waals surface area contributed by atoms with Crippen molar-refractivity contribution in [3.05, 3.63) is 119 Å². The summed E-state index contributed by atoms with van der Waals surface area (Å²) in [4.78, 5) is 0. The van der Waals surface area contributed by atoms with Crippen LogP contribution in [0, 0.1) is 6.92 Å². The van der Waals surface area contributed by atoms with Crippen molar-refractivity contribution in [3.63, 3.8) is 0 Å². The van der Waals surface area contributed by atoms with Gasteiger partial charge in [-0.1, -0.05) is 109 Å². The van der Waals surface area contributed by atoms with Gasteiger partial charge in [0.1, 0.15) is 0 Å². The highest BCUT2D eigenvalue weighted by Gasteiger charge is 2.10. The molecule has 0 nitrogen and oxygen atoms in total. The molecule has 0 saturated heterocycles. The normalized spacial score (nSPS) is 13.1. The molecule has 31 heavy (non-hydrogen) atoms. The van der Waals surface area contributed by atoms with Gasteiger partial charge < -0.3 is 0 Å². The van der Waals surface area contributed by atoms with Gasteiger partial charge in [0.2, 0.25) is 0 Å². The SMILES string of the molecule is Cc1ccc2c(Cc3ccc4ccc5c(c4c3)C=CCC=C5)cc3ccccc3c2c1. The molecule has 6 rings (SSSR count). The maximum absolute atomic E-state index is 2.40. The zero-order valence-corrected chi connectivity index (χ0v) is 17.7. The summed E-state index contributed by atoms with van der Waals surface area (Å²) in [5.41, 5.74) is 6.71. The van der Waals surface area contributed by atoms with Crippen molar-refractivity contribution in [2.24, 2.45) is 0 Å². The Kier molecular flexibility index (Phi) is 4.25. The molecule has 0 unspecified atom stereocenters. The van der Waals surface area contributed by atoms with Crippen LogP contribution in [0.2, 0.25) is 0 Å². The first-order valence-corrected chi connectivity index (χ1v) is 11.1. The molecule has 148 valence electrons. The summed E-state index contributed by atoms with van der Waals surface area (Å²) >= 11 is 0. The molecule has 0 bridgehead atoms. The molecule has 1 aliphatic rings. The van der Waals surface area contributed by atoms with Crippen LogP contribution in [0.15, 0.2) is 91.0 Å². The molecule has 1 aliphatic carbocycles. The summed E-state index contributed by atoms with van der Waals surface area (Å²) in [5.74, 6) is 0. The number of aryl methyl sites for hydroxylation is 1. The fraction of sp³-hybridized carbons (Fsp3) is 0.0968. The van der Waals surface area contributed by atoms with E-state index in [1.807, 2.05) is 0 Å². The molecule has 0 saturated carbocycles. The summed E-state index contributed by atoms with van der Waals surface area (Å²) in [7, 11) is 0. The molecular formula is C31H24. The molecule has 0 atom stereocenters. The van der Waals surface area contributed by atoms with E-state index in [9.17, 15) is 0 Å². The van der Waals surface area contributed by atoms with E-state index in [1.54, 1.807) is 0 Å². The Labute approximate surface area is 183 Å². The minimum atomic E-state index is 0.934. The summed E-state index contributed by atoms with van der Waals surface area (Å²) in [6.45, 7) is 2.18. The summed E-state index contributed by atoms with van der Waals surface area (Å²) in [5, 5.41) is 8.03. The van der Waals surface area contributed by atoms with Gasteiger partial charge in [0.05, 0.1) is 0 Å². The van der Waals surface area contributed by atoms with Crippen LogP contribution in [-0.2, 0) is 6.42 Å². The maximum Gasteiger partial charge on any atom is -0.00192 e. The lowest BCUT2D eigenvalue weighted by molar-refractivity contribution is 1.23. The molecular weight excluding hydrogens is 372 g/mol. The van der Waals surface area contributed by atoms with Gasteiger partial charge in [-0.05, 0) is 74.3 Å². The van der Waals surface area contributed by atoms with Crippen molar-refractivity contribution in [1.29, 1.82) is 0 Å². The molecule has 5 aromatic rings. The van der Waals surface area contributed by atoms with Crippen LogP contribution in [0.4, 0.5) is 0 Å². The second kappa shape index (κ2) is 7.25. The van der Waals surface area contributed by atoms with Crippen LogP contribution in [0.5, 0.6) is 0 Å². The van der Waals surface area contributed by atoms with Crippen LogP contribution >= 0.6 is 0 Å². The highest BCUT2D eigenvalue weighted by Crippen LogP contribution is 2.33.